The number of methoxy groups -OCH3 is 2. The molecule has 170 valence electrons. The third-order valence-corrected chi connectivity index (χ3v) is 4.38. The first-order valence-electron chi connectivity index (χ1n) is 9.64. The zero-order chi connectivity index (χ0) is 23.8. The molecule has 0 spiro atoms. The average Bonchev–Trinajstić information content (AvgIpc) is 2.80. The van der Waals surface area contributed by atoms with E-state index in [0.717, 1.165) is 0 Å². The molecule has 0 saturated heterocycles. The molecule has 2 amide bonds. The number of carbonyl (C=O) groups is 2. The van der Waals surface area contributed by atoms with E-state index in [1.807, 2.05) is 0 Å². The smallest absolute Gasteiger partial charge is 0.492 e. The Morgan fingerprint density at radius 1 is 0.667 bits per heavy atom. The van der Waals surface area contributed by atoms with Crippen LogP contribution in [0.25, 0.3) is 0 Å². The van der Waals surface area contributed by atoms with Crippen molar-refractivity contribution in [3.63, 3.8) is 0 Å². The number of ether oxygens (including phenoxy) is 4. The first-order valence-corrected chi connectivity index (χ1v) is 9.64. The molecule has 0 radical (unpaired) electrons. The Morgan fingerprint density at radius 2 is 1.03 bits per heavy atom. The fraction of sp³-hybridized carbons (Fsp3) is 0.0909. The quantitative estimate of drug-likeness (QED) is 0.402. The first kappa shape index (κ1) is 23.4. The summed E-state index contributed by atoms with van der Waals surface area (Å²) < 4.78 is 20.4. The minimum absolute atomic E-state index is 0.0192. The molecule has 3 rings (SSSR count). The monoisotopic (exact) mass is 452 g/mol. The van der Waals surface area contributed by atoms with Gasteiger partial charge in [-0.3, -0.25) is 10.6 Å². The van der Waals surface area contributed by atoms with E-state index in [-0.39, 0.29) is 28.3 Å². The Hall–Kier alpha value is -4.22. The summed E-state index contributed by atoms with van der Waals surface area (Å²) in [5, 5.41) is 24.6. The first-order chi connectivity index (χ1) is 15.9. The van der Waals surface area contributed by atoms with Crippen LogP contribution < -0.4 is 35.0 Å². The Bertz CT molecular complexity index is 1020. The van der Waals surface area contributed by atoms with Crippen LogP contribution in [0.4, 0.5) is 21.0 Å². The molecule has 0 aliphatic carbocycles. The van der Waals surface area contributed by atoms with Crippen molar-refractivity contribution < 1.29 is 38.6 Å². The van der Waals surface area contributed by atoms with Crippen molar-refractivity contribution in [2.45, 2.75) is 0 Å². The summed E-state index contributed by atoms with van der Waals surface area (Å²) in [6.07, 6.45) is -1.75. The SMILES string of the molecule is COc1ccc(OC(=O)Nc2cccc(NC(=O)Oc3ccc(OC)cc3)c2B(O)O)cc1. The van der Waals surface area contributed by atoms with Gasteiger partial charge in [0.1, 0.15) is 23.0 Å². The second kappa shape index (κ2) is 10.9. The van der Waals surface area contributed by atoms with Gasteiger partial charge in [-0.1, -0.05) is 6.07 Å². The van der Waals surface area contributed by atoms with Gasteiger partial charge in [0.15, 0.2) is 0 Å². The van der Waals surface area contributed by atoms with E-state index >= 15 is 0 Å². The van der Waals surface area contributed by atoms with Gasteiger partial charge < -0.3 is 29.0 Å². The molecular weight excluding hydrogens is 431 g/mol. The number of hydrogen-bond donors (Lipinski definition) is 4. The number of nitrogens with one attached hydrogen (secondary N) is 2. The molecule has 0 aliphatic heterocycles. The van der Waals surface area contributed by atoms with Crippen LogP contribution in [0.5, 0.6) is 23.0 Å². The highest BCUT2D eigenvalue weighted by Crippen LogP contribution is 2.20. The van der Waals surface area contributed by atoms with Gasteiger partial charge in [0.2, 0.25) is 0 Å². The molecule has 0 saturated carbocycles. The predicted molar refractivity (Wildman–Crippen MR) is 122 cm³/mol. The summed E-state index contributed by atoms with van der Waals surface area (Å²) >= 11 is 0. The number of hydrogen-bond acceptors (Lipinski definition) is 8. The Morgan fingerprint density at radius 3 is 1.36 bits per heavy atom. The third-order valence-electron chi connectivity index (χ3n) is 4.38. The molecule has 0 aromatic heterocycles. The lowest BCUT2D eigenvalue weighted by Gasteiger charge is -2.16. The molecule has 0 fully saturated rings. The van der Waals surface area contributed by atoms with E-state index in [1.165, 1.54) is 56.7 Å². The highest BCUT2D eigenvalue weighted by Gasteiger charge is 2.24. The minimum Gasteiger partial charge on any atom is -0.497 e. The molecule has 10 nitrogen and oxygen atoms in total. The van der Waals surface area contributed by atoms with Crippen molar-refractivity contribution in [3.05, 3.63) is 66.7 Å². The summed E-state index contributed by atoms with van der Waals surface area (Å²) in [7, 11) is 1.01. The molecule has 3 aromatic rings. The van der Waals surface area contributed by atoms with E-state index in [0.29, 0.717) is 11.5 Å². The lowest BCUT2D eigenvalue weighted by Crippen LogP contribution is -2.37. The Kier molecular flexibility index (Phi) is 7.74. The number of benzene rings is 3. The average molecular weight is 452 g/mol. The molecule has 0 unspecified atom stereocenters. The fourth-order valence-corrected chi connectivity index (χ4v) is 2.83. The minimum atomic E-state index is -2.02. The standard InChI is InChI=1S/C22H21BN2O8/c1-30-14-6-10-16(11-7-14)32-21(26)24-18-4-3-5-19(20(18)23(28)29)25-22(27)33-17-12-8-15(31-2)9-13-17/h3-13,28-29H,1-2H3,(H,24,26)(H,25,27). The van der Waals surface area contributed by atoms with E-state index in [1.54, 1.807) is 24.3 Å². The largest absolute Gasteiger partial charge is 0.497 e. The van der Waals surface area contributed by atoms with Gasteiger partial charge >= 0.3 is 19.3 Å². The van der Waals surface area contributed by atoms with Crippen LogP contribution in [-0.2, 0) is 0 Å². The summed E-state index contributed by atoms with van der Waals surface area (Å²) in [6.45, 7) is 0. The molecule has 11 heteroatoms. The zero-order valence-electron chi connectivity index (χ0n) is 17.8. The molecular formula is C22H21BN2O8. The second-order valence-corrected chi connectivity index (χ2v) is 6.52. The summed E-state index contributed by atoms with van der Waals surface area (Å²) in [6, 6.07) is 16.9. The van der Waals surface area contributed by atoms with Gasteiger partial charge in [-0.05, 0) is 60.7 Å². The number of amides is 2. The zero-order valence-corrected chi connectivity index (χ0v) is 17.8. The van der Waals surface area contributed by atoms with Crippen LogP contribution in [0.15, 0.2) is 66.7 Å². The lowest BCUT2D eigenvalue weighted by atomic mass is 9.77. The van der Waals surface area contributed by atoms with Gasteiger partial charge in [-0.2, -0.15) is 0 Å². The Balaban J connectivity index is 1.71. The maximum absolute atomic E-state index is 12.3. The topological polar surface area (TPSA) is 136 Å². The van der Waals surface area contributed by atoms with Gasteiger partial charge in [-0.25, -0.2) is 9.59 Å². The second-order valence-electron chi connectivity index (χ2n) is 6.52. The van der Waals surface area contributed by atoms with Crippen LogP contribution in [-0.4, -0.2) is 43.6 Å². The van der Waals surface area contributed by atoms with Gasteiger partial charge in [-0.15, -0.1) is 0 Å². The number of rotatable bonds is 7. The van der Waals surface area contributed by atoms with Crippen LogP contribution >= 0.6 is 0 Å². The van der Waals surface area contributed by atoms with Crippen LogP contribution in [0.3, 0.4) is 0 Å². The van der Waals surface area contributed by atoms with Gasteiger partial charge in [0.05, 0.1) is 14.2 Å². The predicted octanol–water partition coefficient (Wildman–Crippen LogP) is 2.61. The highest BCUT2D eigenvalue weighted by molar-refractivity contribution is 6.63. The van der Waals surface area contributed by atoms with Gasteiger partial charge in [0.25, 0.3) is 0 Å². The molecule has 0 bridgehead atoms. The molecule has 33 heavy (non-hydrogen) atoms. The maximum Gasteiger partial charge on any atom is 0.492 e. The fourth-order valence-electron chi connectivity index (χ4n) is 2.83. The van der Waals surface area contributed by atoms with Crippen molar-refractivity contribution >= 4 is 36.1 Å². The van der Waals surface area contributed by atoms with E-state index in [9.17, 15) is 19.6 Å². The molecule has 0 aliphatic rings. The lowest BCUT2D eigenvalue weighted by molar-refractivity contribution is 0.214. The van der Waals surface area contributed by atoms with Crippen LogP contribution in [0.2, 0.25) is 0 Å². The normalized spacial score (nSPS) is 10.1. The van der Waals surface area contributed by atoms with E-state index < -0.39 is 19.3 Å². The van der Waals surface area contributed by atoms with Crippen molar-refractivity contribution in [2.75, 3.05) is 24.9 Å². The van der Waals surface area contributed by atoms with Crippen LogP contribution in [0.1, 0.15) is 0 Å². The van der Waals surface area contributed by atoms with Crippen molar-refractivity contribution in [1.29, 1.82) is 0 Å². The summed E-state index contributed by atoms with van der Waals surface area (Å²) in [4.78, 5) is 24.6. The molecule has 0 atom stereocenters. The summed E-state index contributed by atoms with van der Waals surface area (Å²) in [5.74, 6) is 1.68. The van der Waals surface area contributed by atoms with Crippen molar-refractivity contribution in [3.8, 4) is 23.0 Å². The van der Waals surface area contributed by atoms with E-state index in [2.05, 4.69) is 10.6 Å². The van der Waals surface area contributed by atoms with Crippen LogP contribution in [0, 0.1) is 0 Å². The Labute approximate surface area is 189 Å². The number of anilines is 2. The third kappa shape index (κ3) is 6.39. The molecule has 0 heterocycles. The molecule has 4 N–H and O–H groups in total. The van der Waals surface area contributed by atoms with E-state index in [4.69, 9.17) is 18.9 Å². The highest BCUT2D eigenvalue weighted by atomic mass is 16.6. The summed E-state index contributed by atoms with van der Waals surface area (Å²) in [5.41, 5.74) is -0.118. The van der Waals surface area contributed by atoms with Gasteiger partial charge in [0, 0.05) is 16.8 Å². The van der Waals surface area contributed by atoms with Crippen molar-refractivity contribution in [1.82, 2.24) is 0 Å². The molecule has 3 aromatic carbocycles. The maximum atomic E-state index is 12.3. The van der Waals surface area contributed by atoms with Crippen molar-refractivity contribution in [2.24, 2.45) is 0 Å². The number of carbonyl (C=O) groups excluding carboxylic acids is 2.